The fraction of sp³-hybridized carbons (Fsp3) is 0.462. The van der Waals surface area contributed by atoms with E-state index in [-0.39, 0.29) is 11.8 Å². The normalized spacial score (nSPS) is 19.1. The van der Waals surface area contributed by atoms with E-state index < -0.39 is 0 Å². The highest BCUT2D eigenvalue weighted by molar-refractivity contribution is 5.98. The number of benzene rings is 1. The number of amides is 1. The van der Waals surface area contributed by atoms with E-state index >= 15 is 0 Å². The van der Waals surface area contributed by atoms with E-state index in [4.69, 9.17) is 10.5 Å². The zero-order valence-corrected chi connectivity index (χ0v) is 10.3. The third kappa shape index (κ3) is 2.00. The summed E-state index contributed by atoms with van der Waals surface area (Å²) in [6.45, 7) is 0.596. The van der Waals surface area contributed by atoms with Crippen molar-refractivity contribution < 1.29 is 9.53 Å². The summed E-state index contributed by atoms with van der Waals surface area (Å²) in [5.41, 5.74) is 7.67. The molecule has 4 heteroatoms. The number of para-hydroxylation sites is 1. The first kappa shape index (κ1) is 11.9. The van der Waals surface area contributed by atoms with E-state index in [1.807, 2.05) is 12.1 Å². The number of anilines is 1. The first-order valence-corrected chi connectivity index (χ1v) is 5.82. The van der Waals surface area contributed by atoms with Crippen LogP contribution in [0.15, 0.2) is 18.2 Å². The molecule has 1 aliphatic rings. The quantitative estimate of drug-likeness (QED) is 0.862. The molecule has 1 amide bonds. The van der Waals surface area contributed by atoms with Crippen molar-refractivity contribution in [2.24, 2.45) is 5.73 Å². The predicted octanol–water partition coefficient (Wildman–Crippen LogP) is 1.49. The summed E-state index contributed by atoms with van der Waals surface area (Å²) in [4.78, 5) is 13.6. The standard InChI is InChI=1S/C13H18N2O2/c1-15-12(16)8-9(6-7-14)10-4-3-5-11(17-2)13(10)15/h3-5,9H,6-8,14H2,1-2H3. The van der Waals surface area contributed by atoms with Crippen molar-refractivity contribution in [3.8, 4) is 5.75 Å². The van der Waals surface area contributed by atoms with Gasteiger partial charge in [-0.15, -0.1) is 0 Å². The van der Waals surface area contributed by atoms with E-state index in [0.29, 0.717) is 13.0 Å². The van der Waals surface area contributed by atoms with Crippen LogP contribution in [0.2, 0.25) is 0 Å². The SMILES string of the molecule is COc1cccc2c1N(C)C(=O)CC2CCN. The van der Waals surface area contributed by atoms with Crippen molar-refractivity contribution in [1.29, 1.82) is 0 Å². The Labute approximate surface area is 101 Å². The van der Waals surface area contributed by atoms with Gasteiger partial charge in [0.2, 0.25) is 5.91 Å². The Morgan fingerprint density at radius 2 is 2.29 bits per heavy atom. The molecule has 1 atom stereocenters. The molecule has 0 spiro atoms. The number of rotatable bonds is 3. The number of hydrogen-bond donors (Lipinski definition) is 1. The minimum Gasteiger partial charge on any atom is -0.495 e. The molecule has 1 unspecified atom stereocenters. The fourth-order valence-corrected chi connectivity index (χ4v) is 2.43. The molecule has 0 saturated carbocycles. The van der Waals surface area contributed by atoms with E-state index in [1.54, 1.807) is 19.1 Å². The minimum atomic E-state index is 0.125. The Kier molecular flexibility index (Phi) is 3.33. The molecule has 0 aromatic heterocycles. The molecule has 2 rings (SSSR count). The van der Waals surface area contributed by atoms with Crippen LogP contribution in [-0.4, -0.2) is 26.6 Å². The summed E-state index contributed by atoms with van der Waals surface area (Å²) in [5, 5.41) is 0. The van der Waals surface area contributed by atoms with E-state index in [0.717, 1.165) is 23.4 Å². The Bertz CT molecular complexity index is 431. The van der Waals surface area contributed by atoms with Gasteiger partial charge in [0, 0.05) is 13.5 Å². The summed E-state index contributed by atoms with van der Waals surface area (Å²) in [7, 11) is 3.42. The fourth-order valence-electron chi connectivity index (χ4n) is 2.43. The van der Waals surface area contributed by atoms with E-state index in [9.17, 15) is 4.79 Å². The zero-order valence-electron chi connectivity index (χ0n) is 10.3. The molecule has 4 nitrogen and oxygen atoms in total. The largest absolute Gasteiger partial charge is 0.495 e. The van der Waals surface area contributed by atoms with Gasteiger partial charge in [-0.3, -0.25) is 4.79 Å². The van der Waals surface area contributed by atoms with Crippen LogP contribution in [0.3, 0.4) is 0 Å². The Morgan fingerprint density at radius 1 is 1.53 bits per heavy atom. The van der Waals surface area contributed by atoms with Gasteiger partial charge in [0.15, 0.2) is 0 Å². The minimum absolute atomic E-state index is 0.125. The molecular weight excluding hydrogens is 216 g/mol. The molecule has 0 fully saturated rings. The number of methoxy groups -OCH3 is 1. The number of nitrogens with two attached hydrogens (primary N) is 1. The Balaban J connectivity index is 2.51. The Hall–Kier alpha value is -1.55. The molecular formula is C13H18N2O2. The second-order valence-electron chi connectivity index (χ2n) is 4.33. The molecule has 92 valence electrons. The second-order valence-corrected chi connectivity index (χ2v) is 4.33. The lowest BCUT2D eigenvalue weighted by Crippen LogP contribution is -2.34. The average molecular weight is 234 g/mol. The van der Waals surface area contributed by atoms with Crippen LogP contribution in [0.5, 0.6) is 5.75 Å². The second kappa shape index (κ2) is 4.75. The van der Waals surface area contributed by atoms with Gasteiger partial charge in [-0.25, -0.2) is 0 Å². The monoisotopic (exact) mass is 234 g/mol. The Morgan fingerprint density at radius 3 is 2.94 bits per heavy atom. The number of fused-ring (bicyclic) bond motifs is 1. The van der Waals surface area contributed by atoms with Gasteiger partial charge in [0.05, 0.1) is 12.8 Å². The van der Waals surface area contributed by atoms with Crippen molar-refractivity contribution in [2.45, 2.75) is 18.8 Å². The molecule has 0 aliphatic carbocycles. The lowest BCUT2D eigenvalue weighted by atomic mass is 9.87. The van der Waals surface area contributed by atoms with Crippen LogP contribution in [0, 0.1) is 0 Å². The highest BCUT2D eigenvalue weighted by Crippen LogP contribution is 2.42. The summed E-state index contributed by atoms with van der Waals surface area (Å²) in [6, 6.07) is 5.90. The third-order valence-electron chi connectivity index (χ3n) is 3.34. The highest BCUT2D eigenvalue weighted by atomic mass is 16.5. The summed E-state index contributed by atoms with van der Waals surface area (Å²) in [5.74, 6) is 1.09. The molecule has 0 radical (unpaired) electrons. The summed E-state index contributed by atoms with van der Waals surface area (Å²) >= 11 is 0. The number of ether oxygens (including phenoxy) is 1. The average Bonchev–Trinajstić information content (AvgIpc) is 2.35. The molecule has 17 heavy (non-hydrogen) atoms. The van der Waals surface area contributed by atoms with Gasteiger partial charge in [0.1, 0.15) is 5.75 Å². The summed E-state index contributed by atoms with van der Waals surface area (Å²) < 4.78 is 5.33. The maximum Gasteiger partial charge on any atom is 0.227 e. The first-order chi connectivity index (χ1) is 8.19. The predicted molar refractivity (Wildman–Crippen MR) is 67.4 cm³/mol. The van der Waals surface area contributed by atoms with Crippen LogP contribution in [0.4, 0.5) is 5.69 Å². The van der Waals surface area contributed by atoms with Crippen molar-refractivity contribution in [3.05, 3.63) is 23.8 Å². The van der Waals surface area contributed by atoms with Gasteiger partial charge in [0.25, 0.3) is 0 Å². The van der Waals surface area contributed by atoms with Crippen LogP contribution < -0.4 is 15.4 Å². The number of carbonyl (C=O) groups is 1. The lowest BCUT2D eigenvalue weighted by molar-refractivity contribution is -0.119. The topological polar surface area (TPSA) is 55.6 Å². The lowest BCUT2D eigenvalue weighted by Gasteiger charge is -2.32. The molecule has 1 aliphatic heterocycles. The van der Waals surface area contributed by atoms with Gasteiger partial charge in [-0.1, -0.05) is 12.1 Å². The van der Waals surface area contributed by atoms with Crippen LogP contribution >= 0.6 is 0 Å². The number of hydrogen-bond acceptors (Lipinski definition) is 3. The summed E-state index contributed by atoms with van der Waals surface area (Å²) in [6.07, 6.45) is 1.37. The maximum atomic E-state index is 11.9. The third-order valence-corrected chi connectivity index (χ3v) is 3.34. The van der Waals surface area contributed by atoms with Crippen LogP contribution in [0.25, 0.3) is 0 Å². The number of carbonyl (C=O) groups excluding carboxylic acids is 1. The van der Waals surface area contributed by atoms with Crippen molar-refractivity contribution in [2.75, 3.05) is 25.6 Å². The molecule has 0 bridgehead atoms. The number of nitrogens with zero attached hydrogens (tertiary/aromatic N) is 1. The first-order valence-electron chi connectivity index (χ1n) is 5.82. The van der Waals surface area contributed by atoms with Crippen LogP contribution in [-0.2, 0) is 4.79 Å². The molecule has 1 heterocycles. The maximum absolute atomic E-state index is 11.9. The molecule has 1 aromatic rings. The van der Waals surface area contributed by atoms with E-state index in [2.05, 4.69) is 6.07 Å². The van der Waals surface area contributed by atoms with Crippen molar-refractivity contribution in [3.63, 3.8) is 0 Å². The van der Waals surface area contributed by atoms with E-state index in [1.165, 1.54) is 0 Å². The van der Waals surface area contributed by atoms with Gasteiger partial charge in [-0.05, 0) is 30.5 Å². The van der Waals surface area contributed by atoms with Gasteiger partial charge in [-0.2, -0.15) is 0 Å². The van der Waals surface area contributed by atoms with Crippen LogP contribution in [0.1, 0.15) is 24.3 Å². The highest BCUT2D eigenvalue weighted by Gasteiger charge is 2.30. The zero-order chi connectivity index (χ0) is 12.4. The molecule has 2 N–H and O–H groups in total. The smallest absolute Gasteiger partial charge is 0.227 e. The molecule has 1 aromatic carbocycles. The van der Waals surface area contributed by atoms with Gasteiger partial charge >= 0.3 is 0 Å². The van der Waals surface area contributed by atoms with Crippen molar-refractivity contribution >= 4 is 11.6 Å². The van der Waals surface area contributed by atoms with Gasteiger partial charge < -0.3 is 15.4 Å². The molecule has 0 saturated heterocycles. The van der Waals surface area contributed by atoms with Crippen molar-refractivity contribution in [1.82, 2.24) is 0 Å².